The fraction of sp³-hybridized carbons (Fsp3) is 1.00. The quantitative estimate of drug-likeness (QED) is 0.747. The van der Waals surface area contributed by atoms with Crippen molar-refractivity contribution in [1.29, 1.82) is 0 Å². The largest absolute Gasteiger partial charge is 0.312 e. The number of hydrogen-bond acceptors (Lipinski definition) is 2. The molecule has 86 valence electrons. The van der Waals surface area contributed by atoms with Crippen molar-refractivity contribution in [3.05, 3.63) is 0 Å². The third kappa shape index (κ3) is 1.94. The molecule has 2 nitrogen and oxygen atoms in total. The van der Waals surface area contributed by atoms with Crippen molar-refractivity contribution in [2.75, 3.05) is 19.6 Å². The summed E-state index contributed by atoms with van der Waals surface area (Å²) in [5.74, 6) is 1.05. The minimum Gasteiger partial charge on any atom is -0.312 e. The topological polar surface area (TPSA) is 15.3 Å². The lowest BCUT2D eigenvalue weighted by Gasteiger charge is -2.44. The molecular formula is C13H24N2. The first-order chi connectivity index (χ1) is 7.28. The smallest absolute Gasteiger partial charge is 0.0335 e. The number of nitrogens with one attached hydrogen (secondary N) is 1. The van der Waals surface area contributed by atoms with Gasteiger partial charge in [0.1, 0.15) is 0 Å². The van der Waals surface area contributed by atoms with E-state index in [0.29, 0.717) is 5.54 Å². The van der Waals surface area contributed by atoms with E-state index in [1.807, 2.05) is 0 Å². The van der Waals surface area contributed by atoms with Crippen molar-refractivity contribution in [3.63, 3.8) is 0 Å². The maximum atomic E-state index is 3.70. The Balaban J connectivity index is 1.66. The van der Waals surface area contributed by atoms with Crippen LogP contribution in [0.15, 0.2) is 0 Å². The summed E-state index contributed by atoms with van der Waals surface area (Å²) >= 11 is 0. The van der Waals surface area contributed by atoms with E-state index in [-0.39, 0.29) is 0 Å². The Morgan fingerprint density at radius 3 is 2.80 bits per heavy atom. The Bertz CT molecular complexity index is 227. The second kappa shape index (κ2) is 3.74. The van der Waals surface area contributed by atoms with Crippen LogP contribution in [-0.4, -0.2) is 36.1 Å². The molecule has 2 heteroatoms. The molecule has 2 saturated heterocycles. The third-order valence-corrected chi connectivity index (χ3v) is 4.74. The summed E-state index contributed by atoms with van der Waals surface area (Å²) in [6, 6.07) is 0.749. The van der Waals surface area contributed by atoms with Gasteiger partial charge in [-0.1, -0.05) is 0 Å². The molecule has 2 atom stereocenters. The van der Waals surface area contributed by atoms with E-state index in [1.54, 1.807) is 0 Å². The van der Waals surface area contributed by atoms with Gasteiger partial charge in [-0.15, -0.1) is 0 Å². The van der Waals surface area contributed by atoms with Crippen LogP contribution in [0.1, 0.15) is 45.4 Å². The predicted octanol–water partition coefficient (Wildman–Crippen LogP) is 2.00. The molecule has 0 aromatic rings. The molecule has 0 amide bonds. The van der Waals surface area contributed by atoms with Gasteiger partial charge in [-0.3, -0.25) is 4.90 Å². The van der Waals surface area contributed by atoms with Crippen molar-refractivity contribution in [3.8, 4) is 0 Å². The monoisotopic (exact) mass is 208 g/mol. The summed E-state index contributed by atoms with van der Waals surface area (Å²) in [5.41, 5.74) is 0.565. The molecule has 3 aliphatic rings. The molecule has 2 aliphatic heterocycles. The molecule has 0 radical (unpaired) electrons. The molecule has 1 saturated carbocycles. The molecular weight excluding hydrogens is 184 g/mol. The van der Waals surface area contributed by atoms with Crippen molar-refractivity contribution in [1.82, 2.24) is 10.2 Å². The van der Waals surface area contributed by atoms with Crippen LogP contribution >= 0.6 is 0 Å². The highest BCUT2D eigenvalue weighted by atomic mass is 15.3. The fourth-order valence-electron chi connectivity index (χ4n) is 3.41. The first-order valence-corrected chi connectivity index (χ1v) is 6.77. The van der Waals surface area contributed by atoms with Gasteiger partial charge in [0.05, 0.1) is 0 Å². The number of piperidine rings is 1. The van der Waals surface area contributed by atoms with Gasteiger partial charge >= 0.3 is 0 Å². The first-order valence-electron chi connectivity index (χ1n) is 6.77. The summed E-state index contributed by atoms with van der Waals surface area (Å²) in [5, 5.41) is 3.70. The maximum Gasteiger partial charge on any atom is 0.0335 e. The third-order valence-electron chi connectivity index (χ3n) is 4.74. The van der Waals surface area contributed by atoms with E-state index >= 15 is 0 Å². The molecule has 1 aliphatic carbocycles. The number of rotatable bonds is 2. The van der Waals surface area contributed by atoms with E-state index in [4.69, 9.17) is 0 Å². The van der Waals surface area contributed by atoms with Crippen LogP contribution < -0.4 is 5.32 Å². The van der Waals surface area contributed by atoms with Gasteiger partial charge < -0.3 is 5.32 Å². The van der Waals surface area contributed by atoms with Gasteiger partial charge in [0.2, 0.25) is 0 Å². The van der Waals surface area contributed by atoms with E-state index in [1.165, 1.54) is 58.2 Å². The van der Waals surface area contributed by atoms with Crippen LogP contribution in [-0.2, 0) is 0 Å². The average Bonchev–Trinajstić information content (AvgIpc) is 2.96. The lowest BCUT2D eigenvalue weighted by atomic mass is 9.85. The molecule has 2 unspecified atom stereocenters. The highest BCUT2D eigenvalue weighted by Gasteiger charge is 2.44. The summed E-state index contributed by atoms with van der Waals surface area (Å²) in [7, 11) is 0. The lowest BCUT2D eigenvalue weighted by Crippen LogP contribution is -2.56. The normalized spacial score (nSPS) is 42.6. The van der Waals surface area contributed by atoms with Gasteiger partial charge in [-0.2, -0.15) is 0 Å². The predicted molar refractivity (Wildman–Crippen MR) is 63.0 cm³/mol. The zero-order valence-corrected chi connectivity index (χ0v) is 9.97. The van der Waals surface area contributed by atoms with Gasteiger partial charge in [0.25, 0.3) is 0 Å². The summed E-state index contributed by atoms with van der Waals surface area (Å²) in [6.07, 6.45) is 8.68. The van der Waals surface area contributed by atoms with E-state index in [9.17, 15) is 0 Å². The molecule has 0 bridgehead atoms. The van der Waals surface area contributed by atoms with Crippen LogP contribution in [0.25, 0.3) is 0 Å². The zero-order valence-electron chi connectivity index (χ0n) is 9.97. The summed E-state index contributed by atoms with van der Waals surface area (Å²) in [6.45, 7) is 6.34. The molecule has 3 fully saturated rings. The zero-order chi connectivity index (χ0) is 10.3. The maximum absolute atomic E-state index is 3.70. The fourth-order valence-corrected chi connectivity index (χ4v) is 3.41. The molecule has 3 rings (SSSR count). The van der Waals surface area contributed by atoms with Gasteiger partial charge in [-0.25, -0.2) is 0 Å². The Hall–Kier alpha value is -0.0800. The minimum absolute atomic E-state index is 0.565. The highest BCUT2D eigenvalue weighted by molar-refractivity contribution is 5.02. The number of hydrogen-bond donors (Lipinski definition) is 1. The second-order valence-corrected chi connectivity index (χ2v) is 6.04. The van der Waals surface area contributed by atoms with E-state index in [2.05, 4.69) is 17.1 Å². The minimum atomic E-state index is 0.565. The molecule has 2 heterocycles. The molecule has 0 aromatic carbocycles. The van der Waals surface area contributed by atoms with Crippen molar-refractivity contribution in [2.45, 2.75) is 57.0 Å². The molecule has 1 N–H and O–H groups in total. The van der Waals surface area contributed by atoms with Crippen LogP contribution in [0.5, 0.6) is 0 Å². The van der Waals surface area contributed by atoms with E-state index < -0.39 is 0 Å². The van der Waals surface area contributed by atoms with Crippen LogP contribution in [0.2, 0.25) is 0 Å². The SMILES string of the molecule is CC1CCC2(CCCN2CC2CC2)CN1. The molecule has 15 heavy (non-hydrogen) atoms. The number of nitrogens with zero attached hydrogens (tertiary/aromatic N) is 1. The van der Waals surface area contributed by atoms with Crippen LogP contribution in [0, 0.1) is 5.92 Å². The van der Waals surface area contributed by atoms with Gasteiger partial charge in [-0.05, 0) is 57.9 Å². The summed E-state index contributed by atoms with van der Waals surface area (Å²) < 4.78 is 0. The Kier molecular flexibility index (Phi) is 2.52. The number of likely N-dealkylation sites (tertiary alicyclic amines) is 1. The molecule has 1 spiro atoms. The van der Waals surface area contributed by atoms with Crippen molar-refractivity contribution < 1.29 is 0 Å². The molecule has 0 aromatic heterocycles. The second-order valence-electron chi connectivity index (χ2n) is 6.04. The van der Waals surface area contributed by atoms with Crippen molar-refractivity contribution >= 4 is 0 Å². The Morgan fingerprint density at radius 2 is 2.13 bits per heavy atom. The Labute approximate surface area is 93.4 Å². The summed E-state index contributed by atoms with van der Waals surface area (Å²) in [4.78, 5) is 2.82. The average molecular weight is 208 g/mol. The van der Waals surface area contributed by atoms with E-state index in [0.717, 1.165) is 12.0 Å². The highest BCUT2D eigenvalue weighted by Crippen LogP contribution is 2.39. The first kappa shape index (κ1) is 10.1. The standard InChI is InChI=1S/C13H24N2/c1-11-5-7-13(10-14-11)6-2-8-15(13)9-12-3-4-12/h11-12,14H,2-10H2,1H3. The Morgan fingerprint density at radius 1 is 1.27 bits per heavy atom. The lowest BCUT2D eigenvalue weighted by molar-refractivity contribution is 0.0893. The van der Waals surface area contributed by atoms with Crippen LogP contribution in [0.3, 0.4) is 0 Å². The van der Waals surface area contributed by atoms with Gasteiger partial charge in [0.15, 0.2) is 0 Å². The van der Waals surface area contributed by atoms with Gasteiger partial charge in [0, 0.05) is 24.7 Å². The van der Waals surface area contributed by atoms with Crippen molar-refractivity contribution in [2.24, 2.45) is 5.92 Å². The van der Waals surface area contributed by atoms with Crippen LogP contribution in [0.4, 0.5) is 0 Å².